The largest absolute Gasteiger partial charge is 0.496 e. The number of nitrogens with zero attached hydrogens (tertiary/aromatic N) is 2. The van der Waals surface area contributed by atoms with Crippen LogP contribution in [0.15, 0.2) is 18.2 Å². The first-order chi connectivity index (χ1) is 18.7. The van der Waals surface area contributed by atoms with Crippen molar-refractivity contribution < 1.29 is 19.1 Å². The molecule has 4 fully saturated rings. The molecule has 39 heavy (non-hydrogen) atoms. The van der Waals surface area contributed by atoms with Gasteiger partial charge in [-0.2, -0.15) is 5.26 Å². The molecule has 0 radical (unpaired) electrons. The fourth-order valence-corrected chi connectivity index (χ4v) is 7.68. The van der Waals surface area contributed by atoms with Crippen molar-refractivity contribution in [1.29, 1.82) is 5.26 Å². The number of hydrogen-bond acceptors (Lipinski definition) is 5. The average molecular weight is 551 g/mol. The van der Waals surface area contributed by atoms with Crippen LogP contribution in [0, 0.1) is 28.1 Å². The number of nitrogens with one attached hydrogen (secondary N) is 2. The zero-order chi connectivity index (χ0) is 27.4. The molecule has 3 saturated carbocycles. The van der Waals surface area contributed by atoms with Gasteiger partial charge in [0.2, 0.25) is 5.91 Å². The van der Waals surface area contributed by atoms with Crippen molar-refractivity contribution in [2.24, 2.45) is 16.7 Å². The zero-order valence-corrected chi connectivity index (χ0v) is 23.1. The van der Waals surface area contributed by atoms with E-state index in [1.165, 1.54) is 6.42 Å². The molecule has 2 amide bonds. The Hall–Kier alpha value is -3.05. The van der Waals surface area contributed by atoms with Crippen LogP contribution in [0.25, 0.3) is 10.9 Å². The molecule has 2 N–H and O–H groups in total. The molecule has 1 aromatic heterocycles. The standard InChI is InChI=1S/C30H35ClN4O4/c1-39-26-11-19(31)10-22-21(26)12-23(34-22)28(38)35-17-30(5-3-2-4-6-30)14-24(35)27(37)33-20(16-32)9-18-13-29(7-8-29)15-25(18)36/h10-12,18,20,24,34H,2-9,13-15,17H2,1H3,(H,33,37)/t18-,20+,24+/m1/s1. The van der Waals surface area contributed by atoms with E-state index in [0.29, 0.717) is 47.8 Å². The summed E-state index contributed by atoms with van der Waals surface area (Å²) in [5.41, 5.74) is 1.14. The van der Waals surface area contributed by atoms with E-state index in [0.717, 1.165) is 50.3 Å². The highest BCUT2D eigenvalue weighted by atomic mass is 35.5. The number of carbonyl (C=O) groups is 3. The Balaban J connectivity index is 1.23. The van der Waals surface area contributed by atoms with Gasteiger partial charge in [0.05, 0.1) is 18.7 Å². The smallest absolute Gasteiger partial charge is 0.271 e. The summed E-state index contributed by atoms with van der Waals surface area (Å²) in [5, 5.41) is 14.0. The van der Waals surface area contributed by atoms with Crippen molar-refractivity contribution in [3.8, 4) is 11.8 Å². The van der Waals surface area contributed by atoms with E-state index in [2.05, 4.69) is 16.4 Å². The number of nitriles is 1. The summed E-state index contributed by atoms with van der Waals surface area (Å²) in [7, 11) is 1.56. The molecular weight excluding hydrogens is 516 g/mol. The number of fused-ring (bicyclic) bond motifs is 1. The lowest BCUT2D eigenvalue weighted by Gasteiger charge is -2.32. The number of rotatable bonds is 6. The number of ether oxygens (including phenoxy) is 1. The van der Waals surface area contributed by atoms with Gasteiger partial charge in [0.1, 0.15) is 29.3 Å². The first kappa shape index (κ1) is 26.2. The highest BCUT2D eigenvalue weighted by Crippen LogP contribution is 2.59. The van der Waals surface area contributed by atoms with Crippen molar-refractivity contribution >= 4 is 40.1 Å². The van der Waals surface area contributed by atoms with Gasteiger partial charge in [0, 0.05) is 29.3 Å². The molecule has 4 aliphatic rings. The quantitative estimate of drug-likeness (QED) is 0.516. The SMILES string of the molecule is COc1cc(Cl)cc2[nH]c(C(=O)N3CC4(CCCCC4)C[C@H]3C(=O)N[C@H](C#N)C[C@@H]3CC4(CC4)CC3=O)cc12. The van der Waals surface area contributed by atoms with Crippen molar-refractivity contribution in [2.75, 3.05) is 13.7 Å². The molecule has 0 unspecified atom stereocenters. The molecule has 3 atom stereocenters. The van der Waals surface area contributed by atoms with Gasteiger partial charge in [-0.05, 0) is 74.0 Å². The summed E-state index contributed by atoms with van der Waals surface area (Å²) in [4.78, 5) is 45.1. The minimum atomic E-state index is -0.750. The summed E-state index contributed by atoms with van der Waals surface area (Å²) in [5.74, 6) is 0.0631. The fourth-order valence-electron chi connectivity index (χ4n) is 7.47. The van der Waals surface area contributed by atoms with E-state index in [9.17, 15) is 19.6 Å². The number of amides is 2. The summed E-state index contributed by atoms with van der Waals surface area (Å²) < 4.78 is 5.46. The fraction of sp³-hybridized carbons (Fsp3) is 0.600. The lowest BCUT2D eigenvalue weighted by molar-refractivity contribution is -0.126. The Morgan fingerprint density at radius 1 is 1.18 bits per heavy atom. The Morgan fingerprint density at radius 3 is 2.62 bits per heavy atom. The number of aromatic nitrogens is 1. The first-order valence-electron chi connectivity index (χ1n) is 14.1. The van der Waals surface area contributed by atoms with E-state index >= 15 is 0 Å². The summed E-state index contributed by atoms with van der Waals surface area (Å²) in [6, 6.07) is 6.01. The molecule has 8 nitrogen and oxygen atoms in total. The normalized spacial score (nSPS) is 25.7. The van der Waals surface area contributed by atoms with Crippen LogP contribution in [0.1, 0.15) is 81.1 Å². The van der Waals surface area contributed by atoms with Crippen LogP contribution >= 0.6 is 11.6 Å². The van der Waals surface area contributed by atoms with Gasteiger partial charge < -0.3 is 19.9 Å². The molecule has 2 heterocycles. The number of hydrogen-bond donors (Lipinski definition) is 2. The number of benzene rings is 1. The third kappa shape index (κ3) is 4.91. The van der Waals surface area contributed by atoms with Crippen molar-refractivity contribution in [2.45, 2.75) is 82.7 Å². The highest BCUT2D eigenvalue weighted by Gasteiger charge is 2.53. The molecule has 0 bridgehead atoms. The van der Waals surface area contributed by atoms with Crippen LogP contribution in [0.2, 0.25) is 5.02 Å². The first-order valence-corrected chi connectivity index (χ1v) is 14.5. The maximum absolute atomic E-state index is 13.9. The second-order valence-corrected chi connectivity index (χ2v) is 12.9. The van der Waals surface area contributed by atoms with Gasteiger partial charge in [-0.3, -0.25) is 14.4 Å². The lowest BCUT2D eigenvalue weighted by Crippen LogP contribution is -2.49. The Morgan fingerprint density at radius 2 is 1.95 bits per heavy atom. The van der Waals surface area contributed by atoms with Gasteiger partial charge in [-0.1, -0.05) is 30.9 Å². The van der Waals surface area contributed by atoms with Gasteiger partial charge in [0.25, 0.3) is 5.91 Å². The molecule has 9 heteroatoms. The molecule has 1 saturated heterocycles. The number of Topliss-reactive ketones (excluding diaryl/α,β-unsaturated/α-hetero) is 1. The van der Waals surface area contributed by atoms with Crippen LogP contribution in [-0.4, -0.2) is 53.2 Å². The maximum atomic E-state index is 13.9. The number of carbonyl (C=O) groups excluding carboxylic acids is 3. The number of methoxy groups -OCH3 is 1. The van der Waals surface area contributed by atoms with Crippen molar-refractivity contribution in [3.05, 3.63) is 28.9 Å². The maximum Gasteiger partial charge on any atom is 0.271 e. The van der Waals surface area contributed by atoms with Gasteiger partial charge >= 0.3 is 0 Å². The molecule has 6 rings (SSSR count). The van der Waals surface area contributed by atoms with Crippen molar-refractivity contribution in [3.63, 3.8) is 0 Å². The minimum Gasteiger partial charge on any atom is -0.496 e. The minimum absolute atomic E-state index is 0.0924. The third-order valence-electron chi connectivity index (χ3n) is 9.73. The van der Waals surface area contributed by atoms with Crippen LogP contribution in [-0.2, 0) is 9.59 Å². The number of likely N-dealkylation sites (tertiary alicyclic amines) is 1. The van der Waals surface area contributed by atoms with Crippen LogP contribution in [0.4, 0.5) is 0 Å². The van der Waals surface area contributed by atoms with E-state index < -0.39 is 12.1 Å². The number of aromatic amines is 1. The molecule has 1 aromatic carbocycles. The van der Waals surface area contributed by atoms with E-state index in [-0.39, 0.29) is 34.3 Å². The number of ketones is 1. The molecule has 3 aliphatic carbocycles. The summed E-state index contributed by atoms with van der Waals surface area (Å²) in [6.45, 7) is 0.512. The monoisotopic (exact) mass is 550 g/mol. The van der Waals surface area contributed by atoms with Crippen LogP contribution < -0.4 is 10.1 Å². The number of halogens is 1. The Labute approximate surface area is 233 Å². The number of H-pyrrole nitrogens is 1. The third-order valence-corrected chi connectivity index (χ3v) is 9.95. The van der Waals surface area contributed by atoms with Gasteiger partial charge in [-0.15, -0.1) is 0 Å². The Bertz CT molecular complexity index is 1370. The van der Waals surface area contributed by atoms with Gasteiger partial charge in [-0.25, -0.2) is 0 Å². The summed E-state index contributed by atoms with van der Waals surface area (Å²) >= 11 is 6.24. The summed E-state index contributed by atoms with van der Waals surface area (Å²) in [6.07, 6.45) is 9.85. The van der Waals surface area contributed by atoms with Crippen LogP contribution in [0.3, 0.4) is 0 Å². The highest BCUT2D eigenvalue weighted by molar-refractivity contribution is 6.31. The lowest BCUT2D eigenvalue weighted by atomic mass is 9.72. The molecule has 206 valence electrons. The second-order valence-electron chi connectivity index (χ2n) is 12.4. The predicted molar refractivity (Wildman–Crippen MR) is 146 cm³/mol. The van der Waals surface area contributed by atoms with E-state index in [1.54, 1.807) is 30.2 Å². The van der Waals surface area contributed by atoms with Crippen LogP contribution in [0.5, 0.6) is 5.75 Å². The molecule has 2 aromatic rings. The molecule has 1 aliphatic heterocycles. The topological polar surface area (TPSA) is 115 Å². The predicted octanol–water partition coefficient (Wildman–Crippen LogP) is 5.15. The molecule has 2 spiro atoms. The van der Waals surface area contributed by atoms with E-state index in [1.807, 2.05) is 0 Å². The molecular formula is C30H35ClN4O4. The van der Waals surface area contributed by atoms with Gasteiger partial charge in [0.15, 0.2) is 0 Å². The second kappa shape index (κ2) is 9.85. The van der Waals surface area contributed by atoms with Crippen molar-refractivity contribution in [1.82, 2.24) is 15.2 Å². The zero-order valence-electron chi connectivity index (χ0n) is 22.4. The Kier molecular flexibility index (Phi) is 6.61. The van der Waals surface area contributed by atoms with E-state index in [4.69, 9.17) is 16.3 Å². The average Bonchev–Trinajstić information content (AvgIpc) is 3.23.